The molecule has 1 aromatic heterocycles. The van der Waals surface area contributed by atoms with Crippen molar-refractivity contribution in [2.45, 2.75) is 6.04 Å². The monoisotopic (exact) mass is 390 g/mol. The highest BCUT2D eigenvalue weighted by atomic mass is 35.5. The first-order valence-electron chi connectivity index (χ1n) is 7.47. The number of benzene rings is 2. The van der Waals surface area contributed by atoms with Gasteiger partial charge in [-0.3, -0.25) is 9.78 Å². The number of halogens is 3. The van der Waals surface area contributed by atoms with E-state index in [9.17, 15) is 4.79 Å². The lowest BCUT2D eigenvalue weighted by atomic mass is 10.0. The second-order valence-electron chi connectivity index (χ2n) is 5.35. The van der Waals surface area contributed by atoms with Crippen molar-refractivity contribution in [3.8, 4) is 0 Å². The number of carbonyl (C=O) groups is 1. The van der Waals surface area contributed by atoms with Crippen LogP contribution in [-0.4, -0.2) is 10.9 Å². The maximum Gasteiger partial charge on any atom is 0.252 e. The van der Waals surface area contributed by atoms with Crippen LogP contribution >= 0.6 is 34.8 Å². The Bertz CT molecular complexity index is 883. The van der Waals surface area contributed by atoms with Gasteiger partial charge >= 0.3 is 0 Å². The maximum absolute atomic E-state index is 12.6. The van der Waals surface area contributed by atoms with Crippen molar-refractivity contribution in [2.75, 3.05) is 0 Å². The molecule has 0 spiro atoms. The van der Waals surface area contributed by atoms with E-state index in [0.29, 0.717) is 26.3 Å². The normalized spacial score (nSPS) is 11.8. The van der Waals surface area contributed by atoms with Gasteiger partial charge in [-0.05, 0) is 42.0 Å². The highest BCUT2D eigenvalue weighted by Crippen LogP contribution is 2.29. The van der Waals surface area contributed by atoms with Crippen LogP contribution in [0.15, 0.2) is 66.9 Å². The van der Waals surface area contributed by atoms with Crippen molar-refractivity contribution in [1.82, 2.24) is 10.3 Å². The van der Waals surface area contributed by atoms with Gasteiger partial charge in [0.25, 0.3) is 5.91 Å². The summed E-state index contributed by atoms with van der Waals surface area (Å²) in [6, 6.07) is 17.2. The van der Waals surface area contributed by atoms with E-state index >= 15 is 0 Å². The van der Waals surface area contributed by atoms with Gasteiger partial charge in [-0.25, -0.2) is 0 Å². The van der Waals surface area contributed by atoms with Crippen LogP contribution in [0, 0.1) is 0 Å². The summed E-state index contributed by atoms with van der Waals surface area (Å²) in [4.78, 5) is 16.9. The molecule has 0 saturated carbocycles. The molecule has 0 bridgehead atoms. The van der Waals surface area contributed by atoms with E-state index < -0.39 is 6.04 Å². The Morgan fingerprint density at radius 2 is 1.68 bits per heavy atom. The molecule has 1 amide bonds. The fourth-order valence-corrected chi connectivity index (χ4v) is 2.80. The van der Waals surface area contributed by atoms with Gasteiger partial charge < -0.3 is 5.32 Å². The van der Waals surface area contributed by atoms with Crippen molar-refractivity contribution < 1.29 is 4.79 Å². The number of aromatic nitrogens is 1. The minimum Gasteiger partial charge on any atom is -0.340 e. The number of amides is 1. The second-order valence-corrected chi connectivity index (χ2v) is 6.60. The lowest BCUT2D eigenvalue weighted by Gasteiger charge is -2.19. The third-order valence-electron chi connectivity index (χ3n) is 3.63. The van der Waals surface area contributed by atoms with E-state index in [1.165, 1.54) is 6.20 Å². The van der Waals surface area contributed by atoms with Crippen LogP contribution in [-0.2, 0) is 0 Å². The molecule has 1 N–H and O–H groups in total. The van der Waals surface area contributed by atoms with Crippen molar-refractivity contribution in [2.24, 2.45) is 0 Å². The summed E-state index contributed by atoms with van der Waals surface area (Å²) in [5, 5.41) is 4.36. The summed E-state index contributed by atoms with van der Waals surface area (Å²) in [5.41, 5.74) is 1.97. The Balaban J connectivity index is 1.98. The van der Waals surface area contributed by atoms with E-state index in [2.05, 4.69) is 10.3 Å². The predicted octanol–water partition coefficient (Wildman–Crippen LogP) is 5.56. The number of nitrogens with zero attached hydrogens (tertiary/aromatic N) is 1. The predicted molar refractivity (Wildman–Crippen MR) is 101 cm³/mol. The molecule has 3 nitrogen and oxygen atoms in total. The molecule has 0 aliphatic heterocycles. The zero-order chi connectivity index (χ0) is 17.8. The maximum atomic E-state index is 12.6. The summed E-state index contributed by atoms with van der Waals surface area (Å²) in [6.45, 7) is 0. The topological polar surface area (TPSA) is 42.0 Å². The highest BCUT2D eigenvalue weighted by molar-refractivity contribution is 6.42. The standard InChI is InChI=1S/C19H13Cl3N2O/c20-14-7-9-17(23-11-14)18(13-6-8-15(21)16(22)10-13)24-19(25)12-4-2-1-3-5-12/h1-11,18H,(H,24,25). The van der Waals surface area contributed by atoms with Gasteiger partial charge in [0.05, 0.1) is 26.8 Å². The number of hydrogen-bond acceptors (Lipinski definition) is 2. The molecule has 0 aliphatic rings. The molecule has 2 aromatic carbocycles. The Labute approximate surface area is 160 Å². The van der Waals surface area contributed by atoms with E-state index in [4.69, 9.17) is 34.8 Å². The zero-order valence-corrected chi connectivity index (χ0v) is 15.2. The molecule has 1 heterocycles. The third kappa shape index (κ3) is 4.31. The Kier molecular flexibility index (Phi) is 5.59. The van der Waals surface area contributed by atoms with Gasteiger partial charge in [0, 0.05) is 11.8 Å². The fraction of sp³-hybridized carbons (Fsp3) is 0.0526. The first-order valence-corrected chi connectivity index (χ1v) is 8.60. The summed E-state index contributed by atoms with van der Waals surface area (Å²) >= 11 is 18.1. The molecule has 0 fully saturated rings. The molecule has 0 saturated heterocycles. The first-order chi connectivity index (χ1) is 12.0. The van der Waals surface area contributed by atoms with Crippen molar-refractivity contribution in [3.05, 3.63) is 98.7 Å². The zero-order valence-electron chi connectivity index (χ0n) is 12.9. The van der Waals surface area contributed by atoms with Crippen LogP contribution in [0.5, 0.6) is 0 Å². The molecule has 0 radical (unpaired) electrons. The molecule has 25 heavy (non-hydrogen) atoms. The second kappa shape index (κ2) is 7.87. The lowest BCUT2D eigenvalue weighted by molar-refractivity contribution is 0.0942. The van der Waals surface area contributed by atoms with Crippen LogP contribution in [0.4, 0.5) is 0 Å². The minimum atomic E-state index is -0.486. The molecular formula is C19H13Cl3N2O. The molecule has 6 heteroatoms. The van der Waals surface area contributed by atoms with Crippen LogP contribution in [0.2, 0.25) is 15.1 Å². The molecule has 1 unspecified atom stereocenters. The van der Waals surface area contributed by atoms with Gasteiger partial charge in [-0.1, -0.05) is 59.1 Å². The summed E-state index contributed by atoms with van der Waals surface area (Å²) in [7, 11) is 0. The van der Waals surface area contributed by atoms with Crippen molar-refractivity contribution in [1.29, 1.82) is 0 Å². The van der Waals surface area contributed by atoms with E-state index in [-0.39, 0.29) is 5.91 Å². The Morgan fingerprint density at radius 1 is 0.920 bits per heavy atom. The molecule has 126 valence electrons. The van der Waals surface area contributed by atoms with Crippen LogP contribution in [0.25, 0.3) is 0 Å². The number of carbonyl (C=O) groups excluding carboxylic acids is 1. The number of rotatable bonds is 4. The minimum absolute atomic E-state index is 0.214. The van der Waals surface area contributed by atoms with Crippen LogP contribution in [0.1, 0.15) is 27.7 Å². The van der Waals surface area contributed by atoms with Crippen LogP contribution < -0.4 is 5.32 Å². The van der Waals surface area contributed by atoms with Gasteiger partial charge in [-0.15, -0.1) is 0 Å². The summed E-state index contributed by atoms with van der Waals surface area (Å²) < 4.78 is 0. The molecule has 3 rings (SSSR count). The lowest BCUT2D eigenvalue weighted by Crippen LogP contribution is -2.29. The average Bonchev–Trinajstić information content (AvgIpc) is 2.63. The first kappa shape index (κ1) is 17.7. The van der Waals surface area contributed by atoms with Gasteiger partial charge in [0.2, 0.25) is 0 Å². The fourth-order valence-electron chi connectivity index (χ4n) is 2.38. The van der Waals surface area contributed by atoms with Gasteiger partial charge in [-0.2, -0.15) is 0 Å². The van der Waals surface area contributed by atoms with Gasteiger partial charge in [0.1, 0.15) is 0 Å². The Morgan fingerprint density at radius 3 is 2.32 bits per heavy atom. The average molecular weight is 392 g/mol. The SMILES string of the molecule is O=C(NC(c1ccc(Cl)c(Cl)c1)c1ccc(Cl)cn1)c1ccccc1. The van der Waals surface area contributed by atoms with Crippen LogP contribution in [0.3, 0.4) is 0 Å². The number of pyridine rings is 1. The Hall–Kier alpha value is -2.07. The van der Waals surface area contributed by atoms with Crippen molar-refractivity contribution >= 4 is 40.7 Å². The molecule has 0 aliphatic carbocycles. The number of hydrogen-bond donors (Lipinski definition) is 1. The summed E-state index contributed by atoms with van der Waals surface area (Å²) in [5.74, 6) is -0.214. The van der Waals surface area contributed by atoms with Gasteiger partial charge in [0.15, 0.2) is 0 Å². The molecular weight excluding hydrogens is 379 g/mol. The van der Waals surface area contributed by atoms with E-state index in [1.807, 2.05) is 18.2 Å². The molecule has 1 atom stereocenters. The summed E-state index contributed by atoms with van der Waals surface area (Å²) in [6.07, 6.45) is 1.54. The third-order valence-corrected chi connectivity index (χ3v) is 4.60. The van der Waals surface area contributed by atoms with E-state index in [0.717, 1.165) is 5.56 Å². The van der Waals surface area contributed by atoms with Crippen molar-refractivity contribution in [3.63, 3.8) is 0 Å². The highest BCUT2D eigenvalue weighted by Gasteiger charge is 2.20. The smallest absolute Gasteiger partial charge is 0.252 e. The molecule has 3 aromatic rings. The van der Waals surface area contributed by atoms with E-state index in [1.54, 1.807) is 42.5 Å². The largest absolute Gasteiger partial charge is 0.340 e. The number of nitrogens with one attached hydrogen (secondary N) is 1. The quantitative estimate of drug-likeness (QED) is 0.632.